The number of aliphatic hydroxyl groups excluding tert-OH is 2. The fraction of sp³-hybridized carbons (Fsp3) is 0.812. The predicted molar refractivity (Wildman–Crippen MR) is 147 cm³/mol. The first kappa shape index (κ1) is 30.3. The molecule has 7 rings (SSSR count). The Balaban J connectivity index is 1.47. The summed E-state index contributed by atoms with van der Waals surface area (Å²) in [6.45, 7) is 10.9. The highest BCUT2D eigenvalue weighted by Gasteiger charge is 2.83. The van der Waals surface area contributed by atoms with Gasteiger partial charge in [-0.05, 0) is 44.1 Å². The second-order valence-electron chi connectivity index (χ2n) is 15.3. The Kier molecular flexibility index (Phi) is 5.99. The first-order chi connectivity index (χ1) is 20.3. The van der Waals surface area contributed by atoms with E-state index in [9.17, 15) is 39.6 Å². The van der Waals surface area contributed by atoms with Gasteiger partial charge in [0.1, 0.15) is 23.6 Å². The number of hydrogen-bond donors (Lipinski definition) is 4. The summed E-state index contributed by atoms with van der Waals surface area (Å²) in [5, 5.41) is 47.8. The normalized spacial score (nSPS) is 58.2. The van der Waals surface area contributed by atoms with Crippen molar-refractivity contribution in [3.63, 3.8) is 0 Å². The minimum absolute atomic E-state index is 0.0395. The lowest BCUT2D eigenvalue weighted by Gasteiger charge is -2.65. The van der Waals surface area contributed by atoms with Gasteiger partial charge in [-0.15, -0.1) is 0 Å². The fourth-order valence-electron chi connectivity index (χ4n) is 11.4. The molecule has 0 aromatic heterocycles. The smallest absolute Gasteiger partial charge is 0.343 e. The highest BCUT2D eigenvalue weighted by Crippen LogP contribution is 2.75. The van der Waals surface area contributed by atoms with Crippen molar-refractivity contribution < 1.29 is 58.6 Å². The van der Waals surface area contributed by atoms with Gasteiger partial charge in [-0.25, -0.2) is 4.79 Å². The highest BCUT2D eigenvalue weighted by atomic mass is 16.6. The van der Waals surface area contributed by atoms with Crippen LogP contribution in [-0.2, 0) is 38.1 Å². The van der Waals surface area contributed by atoms with E-state index in [2.05, 4.69) is 0 Å². The number of rotatable bonds is 2. The lowest BCUT2D eigenvalue weighted by molar-refractivity contribution is -0.265. The molecule has 0 aromatic carbocycles. The molecule has 17 atom stereocenters. The molecule has 6 fully saturated rings. The molecule has 2 aliphatic heterocycles. The van der Waals surface area contributed by atoms with Crippen molar-refractivity contribution in [1.82, 2.24) is 0 Å². The number of carbonyl (C=O) groups is 4. The summed E-state index contributed by atoms with van der Waals surface area (Å²) >= 11 is 0. The van der Waals surface area contributed by atoms with Crippen LogP contribution in [0.15, 0.2) is 11.8 Å². The van der Waals surface area contributed by atoms with Crippen molar-refractivity contribution in [3.05, 3.63) is 11.8 Å². The van der Waals surface area contributed by atoms with Crippen LogP contribution in [0.4, 0.5) is 0 Å². The van der Waals surface area contributed by atoms with Gasteiger partial charge in [-0.3, -0.25) is 14.4 Å². The van der Waals surface area contributed by atoms with Gasteiger partial charge in [0.15, 0.2) is 11.7 Å². The average Bonchev–Trinajstić information content (AvgIpc) is 3.59. The third-order valence-corrected chi connectivity index (χ3v) is 13.7. The summed E-state index contributed by atoms with van der Waals surface area (Å²) in [5.74, 6) is -6.87. The third-order valence-electron chi connectivity index (χ3n) is 13.7. The third kappa shape index (κ3) is 3.17. The molecular formula is C32H42O12. The summed E-state index contributed by atoms with van der Waals surface area (Å²) in [6, 6.07) is 0. The van der Waals surface area contributed by atoms with Gasteiger partial charge in [-0.1, -0.05) is 20.8 Å². The van der Waals surface area contributed by atoms with Crippen LogP contribution in [-0.4, -0.2) is 91.9 Å². The molecule has 4 saturated carbocycles. The van der Waals surface area contributed by atoms with E-state index in [1.807, 2.05) is 13.8 Å². The number of fused-ring (bicyclic) bond motifs is 10. The predicted octanol–water partition coefficient (Wildman–Crippen LogP) is 0.415. The van der Waals surface area contributed by atoms with E-state index < -0.39 is 117 Å². The quantitative estimate of drug-likeness (QED) is 0.190. The second-order valence-corrected chi connectivity index (χ2v) is 15.3. The molecule has 44 heavy (non-hydrogen) atoms. The zero-order valence-corrected chi connectivity index (χ0v) is 26.0. The molecule has 5 aliphatic carbocycles. The average molecular weight is 619 g/mol. The number of Topliss-reactive ketones (excluding diaryl/α,β-unsaturated/α-hetero) is 1. The van der Waals surface area contributed by atoms with E-state index in [1.54, 1.807) is 19.9 Å². The number of hydrogen-bond acceptors (Lipinski definition) is 12. The monoisotopic (exact) mass is 618 g/mol. The topological polar surface area (TPSA) is 189 Å². The number of allylic oxidation sites excluding steroid dienone is 1. The molecule has 2 saturated heterocycles. The number of epoxide rings is 1. The molecule has 2 heterocycles. The van der Waals surface area contributed by atoms with Crippen molar-refractivity contribution in [1.29, 1.82) is 0 Å². The van der Waals surface area contributed by atoms with Crippen molar-refractivity contribution in [2.45, 2.75) is 109 Å². The fourth-order valence-corrected chi connectivity index (χ4v) is 11.4. The van der Waals surface area contributed by atoms with Crippen molar-refractivity contribution >= 4 is 23.7 Å². The van der Waals surface area contributed by atoms with Gasteiger partial charge in [0.2, 0.25) is 5.78 Å². The van der Waals surface area contributed by atoms with Crippen LogP contribution in [0.5, 0.6) is 0 Å². The van der Waals surface area contributed by atoms with Crippen LogP contribution in [0, 0.1) is 51.8 Å². The Morgan fingerprint density at radius 3 is 2.23 bits per heavy atom. The zero-order valence-electron chi connectivity index (χ0n) is 26.0. The Bertz CT molecular complexity index is 1400. The minimum atomic E-state index is -2.12. The van der Waals surface area contributed by atoms with Crippen LogP contribution in [0.25, 0.3) is 0 Å². The molecule has 0 amide bonds. The van der Waals surface area contributed by atoms with Crippen molar-refractivity contribution in [3.8, 4) is 0 Å². The van der Waals surface area contributed by atoms with E-state index in [0.29, 0.717) is 0 Å². The summed E-state index contributed by atoms with van der Waals surface area (Å²) in [5.41, 5.74) is -8.12. The molecule has 0 bridgehead atoms. The molecule has 12 nitrogen and oxygen atoms in total. The Morgan fingerprint density at radius 1 is 0.977 bits per heavy atom. The first-order valence-corrected chi connectivity index (χ1v) is 15.6. The first-order valence-electron chi connectivity index (χ1n) is 15.6. The lowest BCUT2D eigenvalue weighted by atomic mass is 9.40. The van der Waals surface area contributed by atoms with Gasteiger partial charge >= 0.3 is 17.9 Å². The number of esters is 3. The molecular weight excluding hydrogens is 576 g/mol. The van der Waals surface area contributed by atoms with Crippen molar-refractivity contribution in [2.24, 2.45) is 51.8 Å². The van der Waals surface area contributed by atoms with Gasteiger partial charge < -0.3 is 39.4 Å². The SMILES string of the molecule is CC(=O)O[C@@H]1[C@H]2[C@@H]3[C@@H](OC(C)=O)C(=O)[C@@]4(O)C[C@@H]5O[C@@H]5[C@H](O)[C@]4(C)[C@H]3C[C@H](O)[C@]2(C)[C@@H]2[C@@H]1[C@]1(C)C(=C[C@H]2C)OC(=O)[C@@]1(C)O. The van der Waals surface area contributed by atoms with E-state index in [0.717, 1.165) is 0 Å². The maximum absolute atomic E-state index is 14.5. The number of ketones is 1. The van der Waals surface area contributed by atoms with Crippen LogP contribution in [0.1, 0.15) is 61.3 Å². The van der Waals surface area contributed by atoms with Gasteiger partial charge in [0.05, 0.1) is 23.7 Å². The number of aliphatic hydroxyl groups is 4. The largest absolute Gasteiger partial charge is 0.462 e. The molecule has 12 heteroatoms. The van der Waals surface area contributed by atoms with Crippen LogP contribution in [0.2, 0.25) is 0 Å². The standard InChI is InChI=1S/C32H42O12/c1-11-8-17-30(6,31(7,39)27(38)44-17)21-19(11)28(4)16(35)9-14-18(20(28)24(21)42-13(3)34)23(41-12(2)33)26(37)32(40)10-15-22(43-15)25(36)29(14,32)5/h8,11,14-16,18-25,35-36,39-40H,9-10H2,1-7H3/t11-,14+,15+,16+,18-,19+,20-,21+,22+,23-,24-,25+,28-,29+,30+,31-,32+/m1/s1. The number of ether oxygens (including phenoxy) is 4. The number of carbonyl (C=O) groups excluding carboxylic acids is 4. The highest BCUT2D eigenvalue weighted by molar-refractivity contribution is 5.95. The van der Waals surface area contributed by atoms with E-state index in [-0.39, 0.29) is 24.5 Å². The molecule has 0 spiro atoms. The van der Waals surface area contributed by atoms with Gasteiger partial charge in [-0.2, -0.15) is 0 Å². The van der Waals surface area contributed by atoms with Crippen LogP contribution < -0.4 is 0 Å². The van der Waals surface area contributed by atoms with E-state index in [1.165, 1.54) is 20.8 Å². The van der Waals surface area contributed by atoms with Gasteiger partial charge in [0.25, 0.3) is 0 Å². The molecule has 7 aliphatic rings. The molecule has 0 radical (unpaired) electrons. The lowest BCUT2D eigenvalue weighted by Crippen LogP contribution is -2.77. The molecule has 242 valence electrons. The van der Waals surface area contributed by atoms with Crippen LogP contribution >= 0.6 is 0 Å². The Hall–Kier alpha value is -2.38. The van der Waals surface area contributed by atoms with Gasteiger partial charge in [0, 0.05) is 48.9 Å². The summed E-state index contributed by atoms with van der Waals surface area (Å²) < 4.78 is 23.2. The molecule has 0 aromatic rings. The summed E-state index contributed by atoms with van der Waals surface area (Å²) in [4.78, 5) is 53.0. The maximum Gasteiger partial charge on any atom is 0.343 e. The summed E-state index contributed by atoms with van der Waals surface area (Å²) in [7, 11) is 0. The Labute approximate surface area is 255 Å². The van der Waals surface area contributed by atoms with Crippen molar-refractivity contribution in [2.75, 3.05) is 0 Å². The van der Waals surface area contributed by atoms with Crippen LogP contribution in [0.3, 0.4) is 0 Å². The molecule has 4 N–H and O–H groups in total. The Morgan fingerprint density at radius 2 is 1.61 bits per heavy atom. The maximum atomic E-state index is 14.5. The van der Waals surface area contributed by atoms with E-state index >= 15 is 0 Å². The minimum Gasteiger partial charge on any atom is -0.462 e. The van der Waals surface area contributed by atoms with E-state index in [4.69, 9.17) is 18.9 Å². The zero-order chi connectivity index (χ0) is 32.3. The second kappa shape index (κ2) is 8.70. The molecule has 0 unspecified atom stereocenters. The summed E-state index contributed by atoms with van der Waals surface area (Å²) in [6.07, 6.45) is -4.31.